The van der Waals surface area contributed by atoms with Crippen molar-refractivity contribution < 1.29 is 0 Å². The van der Waals surface area contributed by atoms with E-state index in [1.807, 2.05) is 0 Å². The number of nitrogens with one attached hydrogen (secondary N) is 1. The van der Waals surface area contributed by atoms with Crippen LogP contribution in [0, 0.1) is 0 Å². The number of hydrogen-bond donors (Lipinski definition) is 1. The molecule has 1 aliphatic rings. The van der Waals surface area contributed by atoms with E-state index in [-0.39, 0.29) is 5.41 Å². The lowest BCUT2D eigenvalue weighted by Crippen LogP contribution is -2.45. The summed E-state index contributed by atoms with van der Waals surface area (Å²) < 4.78 is 0. The first-order chi connectivity index (χ1) is 9.38. The van der Waals surface area contributed by atoms with Gasteiger partial charge in [-0.3, -0.25) is 0 Å². The van der Waals surface area contributed by atoms with Crippen LogP contribution in [-0.2, 0) is 5.41 Å². The summed E-state index contributed by atoms with van der Waals surface area (Å²) in [4.78, 5) is 2.38. The normalized spacial score (nSPS) is 23.9. The first-order valence-electron chi connectivity index (χ1n) is 7.91. The van der Waals surface area contributed by atoms with E-state index in [0.717, 1.165) is 0 Å². The Balaban J connectivity index is 2.05. The van der Waals surface area contributed by atoms with E-state index < -0.39 is 0 Å². The van der Waals surface area contributed by atoms with E-state index in [1.165, 1.54) is 36.9 Å². The molecular weight excluding hydrogens is 244 g/mol. The summed E-state index contributed by atoms with van der Waals surface area (Å²) in [6.07, 6.45) is 5.31. The Bertz CT molecular complexity index is 414. The van der Waals surface area contributed by atoms with Gasteiger partial charge in [0.25, 0.3) is 0 Å². The van der Waals surface area contributed by atoms with Crippen molar-refractivity contribution in [3.63, 3.8) is 0 Å². The molecule has 20 heavy (non-hydrogen) atoms. The van der Waals surface area contributed by atoms with Crippen molar-refractivity contribution in [3.8, 4) is 0 Å². The van der Waals surface area contributed by atoms with E-state index in [1.54, 1.807) is 0 Å². The Kier molecular flexibility index (Phi) is 4.74. The number of benzene rings is 1. The molecule has 0 heterocycles. The van der Waals surface area contributed by atoms with E-state index in [2.05, 4.69) is 69.3 Å². The van der Waals surface area contributed by atoms with Crippen molar-refractivity contribution in [1.29, 1.82) is 0 Å². The molecule has 0 radical (unpaired) electrons. The van der Waals surface area contributed by atoms with Crippen LogP contribution in [-0.4, -0.2) is 31.1 Å². The minimum Gasteiger partial charge on any atom is -0.381 e. The first-order valence-corrected chi connectivity index (χ1v) is 7.91. The van der Waals surface area contributed by atoms with Gasteiger partial charge in [-0.1, -0.05) is 45.7 Å². The van der Waals surface area contributed by atoms with E-state index in [4.69, 9.17) is 0 Å². The standard InChI is InChI=1S/C18H30N2/c1-18(2,3)14-10-12-15(13-11-14)19-16-8-6-7-9-17(16)20(4)5/h10-13,16-17,19H,6-9H2,1-5H3/t16-,17-/m0/s1. The average Bonchev–Trinajstić information content (AvgIpc) is 2.38. The number of hydrogen-bond acceptors (Lipinski definition) is 2. The lowest BCUT2D eigenvalue weighted by Gasteiger charge is -2.37. The second-order valence-corrected chi connectivity index (χ2v) is 7.39. The van der Waals surface area contributed by atoms with E-state index >= 15 is 0 Å². The molecule has 0 bridgehead atoms. The van der Waals surface area contributed by atoms with Crippen LogP contribution < -0.4 is 5.32 Å². The highest BCUT2D eigenvalue weighted by Crippen LogP contribution is 2.27. The smallest absolute Gasteiger partial charge is 0.0416 e. The molecule has 2 heteroatoms. The molecule has 0 spiro atoms. The van der Waals surface area contributed by atoms with Crippen LogP contribution >= 0.6 is 0 Å². The molecule has 2 nitrogen and oxygen atoms in total. The fourth-order valence-electron chi connectivity index (χ4n) is 3.18. The number of likely N-dealkylation sites (N-methyl/N-ethyl adjacent to an activating group) is 1. The first kappa shape index (κ1) is 15.4. The maximum absolute atomic E-state index is 3.75. The molecule has 2 rings (SSSR count). The molecule has 2 atom stereocenters. The van der Waals surface area contributed by atoms with Crippen molar-refractivity contribution in [2.75, 3.05) is 19.4 Å². The van der Waals surface area contributed by atoms with Crippen molar-refractivity contribution in [3.05, 3.63) is 29.8 Å². The molecule has 0 saturated heterocycles. The molecule has 1 N–H and O–H groups in total. The van der Waals surface area contributed by atoms with Gasteiger partial charge < -0.3 is 10.2 Å². The monoisotopic (exact) mass is 274 g/mol. The second kappa shape index (κ2) is 6.17. The molecule has 1 fully saturated rings. The van der Waals surface area contributed by atoms with Crippen LogP contribution in [0.4, 0.5) is 5.69 Å². The summed E-state index contributed by atoms with van der Waals surface area (Å²) in [6.45, 7) is 6.79. The van der Waals surface area contributed by atoms with Crippen LogP contribution in [0.3, 0.4) is 0 Å². The van der Waals surface area contributed by atoms with Gasteiger partial charge in [0.1, 0.15) is 0 Å². The molecule has 112 valence electrons. The highest BCUT2D eigenvalue weighted by molar-refractivity contribution is 5.47. The molecule has 0 unspecified atom stereocenters. The fraction of sp³-hybridized carbons (Fsp3) is 0.667. The lowest BCUT2D eigenvalue weighted by molar-refractivity contribution is 0.211. The SMILES string of the molecule is CN(C)[C@H]1CCCC[C@@H]1Nc1ccc(C(C)(C)C)cc1. The molecule has 0 aliphatic heterocycles. The minimum absolute atomic E-state index is 0.232. The molecule has 0 aromatic heterocycles. The Labute approximate surface area is 124 Å². The van der Waals surface area contributed by atoms with Gasteiger partial charge in [0.15, 0.2) is 0 Å². The topological polar surface area (TPSA) is 15.3 Å². The zero-order valence-electron chi connectivity index (χ0n) is 13.7. The van der Waals surface area contributed by atoms with Crippen LogP contribution in [0.2, 0.25) is 0 Å². The summed E-state index contributed by atoms with van der Waals surface area (Å²) in [7, 11) is 4.40. The summed E-state index contributed by atoms with van der Waals surface area (Å²) in [5, 5.41) is 3.75. The van der Waals surface area contributed by atoms with Crippen LogP contribution in [0.25, 0.3) is 0 Å². The molecule has 1 aromatic rings. The van der Waals surface area contributed by atoms with Crippen LogP contribution in [0.1, 0.15) is 52.0 Å². The van der Waals surface area contributed by atoms with Crippen LogP contribution in [0.5, 0.6) is 0 Å². The van der Waals surface area contributed by atoms with Gasteiger partial charge in [-0.2, -0.15) is 0 Å². The molecular formula is C18H30N2. The van der Waals surface area contributed by atoms with E-state index in [0.29, 0.717) is 12.1 Å². The van der Waals surface area contributed by atoms with Crippen molar-refractivity contribution in [2.24, 2.45) is 0 Å². The minimum atomic E-state index is 0.232. The number of anilines is 1. The summed E-state index contributed by atoms with van der Waals surface area (Å²) in [6, 6.07) is 10.2. The maximum atomic E-state index is 3.75. The Morgan fingerprint density at radius 2 is 1.60 bits per heavy atom. The third-order valence-electron chi connectivity index (χ3n) is 4.50. The molecule has 1 saturated carbocycles. The highest BCUT2D eigenvalue weighted by atomic mass is 15.1. The Morgan fingerprint density at radius 1 is 1.00 bits per heavy atom. The van der Waals surface area contributed by atoms with Crippen LogP contribution in [0.15, 0.2) is 24.3 Å². The lowest BCUT2D eigenvalue weighted by atomic mass is 9.86. The van der Waals surface area contributed by atoms with Crippen molar-refractivity contribution >= 4 is 5.69 Å². The number of nitrogens with zero attached hydrogens (tertiary/aromatic N) is 1. The summed E-state index contributed by atoms with van der Waals surface area (Å²) in [5.74, 6) is 0. The van der Waals surface area contributed by atoms with Crippen molar-refractivity contribution in [1.82, 2.24) is 4.90 Å². The zero-order chi connectivity index (χ0) is 14.8. The highest BCUT2D eigenvalue weighted by Gasteiger charge is 2.26. The van der Waals surface area contributed by atoms with Gasteiger partial charge in [0.05, 0.1) is 0 Å². The predicted octanol–water partition coefficient (Wildman–Crippen LogP) is 4.27. The third kappa shape index (κ3) is 3.76. The predicted molar refractivity (Wildman–Crippen MR) is 88.5 cm³/mol. The zero-order valence-corrected chi connectivity index (χ0v) is 13.7. The van der Waals surface area contributed by atoms with E-state index in [9.17, 15) is 0 Å². The third-order valence-corrected chi connectivity index (χ3v) is 4.50. The molecule has 1 aliphatic carbocycles. The van der Waals surface area contributed by atoms with Gasteiger partial charge in [0.2, 0.25) is 0 Å². The van der Waals surface area contributed by atoms with Gasteiger partial charge in [-0.15, -0.1) is 0 Å². The maximum Gasteiger partial charge on any atom is 0.0416 e. The summed E-state index contributed by atoms with van der Waals surface area (Å²) >= 11 is 0. The fourth-order valence-corrected chi connectivity index (χ4v) is 3.18. The van der Waals surface area contributed by atoms with Gasteiger partial charge in [-0.05, 0) is 50.0 Å². The quantitative estimate of drug-likeness (QED) is 0.885. The average molecular weight is 274 g/mol. The van der Waals surface area contributed by atoms with Gasteiger partial charge in [-0.25, -0.2) is 0 Å². The number of rotatable bonds is 3. The second-order valence-electron chi connectivity index (χ2n) is 7.39. The van der Waals surface area contributed by atoms with Gasteiger partial charge >= 0.3 is 0 Å². The molecule has 0 amide bonds. The Hall–Kier alpha value is -1.02. The van der Waals surface area contributed by atoms with Crippen molar-refractivity contribution in [2.45, 2.75) is 64.0 Å². The van der Waals surface area contributed by atoms with Gasteiger partial charge in [0, 0.05) is 17.8 Å². The Morgan fingerprint density at radius 3 is 2.15 bits per heavy atom. The molecule has 1 aromatic carbocycles. The summed E-state index contributed by atoms with van der Waals surface area (Å²) in [5.41, 5.74) is 2.89. The largest absolute Gasteiger partial charge is 0.381 e.